The van der Waals surface area contributed by atoms with E-state index in [2.05, 4.69) is 37.5 Å². The molecule has 0 radical (unpaired) electrons. The Morgan fingerprint density at radius 2 is 2.22 bits per heavy atom. The highest BCUT2D eigenvalue weighted by molar-refractivity contribution is 5.40. The Morgan fingerprint density at radius 3 is 3.00 bits per heavy atom. The Hall–Kier alpha value is -1.02. The minimum Gasteiger partial charge on any atom is -0.490 e. The predicted octanol–water partition coefficient (Wildman–Crippen LogP) is 3.08. The van der Waals surface area contributed by atoms with Crippen LogP contribution in [0.25, 0.3) is 0 Å². The van der Waals surface area contributed by atoms with Crippen LogP contribution in [0.3, 0.4) is 0 Å². The molecule has 98 valence electrons. The number of fused-ring (bicyclic) bond motifs is 1. The monoisotopic (exact) mass is 245 g/mol. The first-order valence-corrected chi connectivity index (χ1v) is 7.18. The maximum Gasteiger partial charge on any atom is 0.123 e. The van der Waals surface area contributed by atoms with Crippen LogP contribution in [0.4, 0.5) is 0 Å². The second-order valence-electron chi connectivity index (χ2n) is 5.96. The smallest absolute Gasteiger partial charge is 0.123 e. The molecule has 1 aliphatic heterocycles. The molecular formula is C16H23NO. The van der Waals surface area contributed by atoms with Crippen molar-refractivity contribution in [1.29, 1.82) is 0 Å². The summed E-state index contributed by atoms with van der Waals surface area (Å²) in [4.78, 5) is 0. The van der Waals surface area contributed by atoms with Gasteiger partial charge in [-0.05, 0) is 57.2 Å². The highest BCUT2D eigenvalue weighted by Crippen LogP contribution is 2.36. The van der Waals surface area contributed by atoms with Crippen molar-refractivity contribution < 1.29 is 4.74 Å². The molecule has 0 spiro atoms. The van der Waals surface area contributed by atoms with Crippen LogP contribution in [-0.2, 0) is 6.42 Å². The van der Waals surface area contributed by atoms with E-state index in [1.54, 1.807) is 0 Å². The number of rotatable bonds is 3. The van der Waals surface area contributed by atoms with Crippen LogP contribution in [0.2, 0.25) is 0 Å². The molecule has 1 aromatic carbocycles. The standard InChI is InChI=1S/C16H23NO/c1-11-3-6-16-13(7-11)10-15(18-16)9-12-4-5-14(8-12)17-2/h3,6-7,12,14-15,17H,4-5,8-10H2,1-2H3. The lowest BCUT2D eigenvalue weighted by molar-refractivity contribution is 0.193. The molecule has 0 aromatic heterocycles. The van der Waals surface area contributed by atoms with Gasteiger partial charge in [0, 0.05) is 12.5 Å². The lowest BCUT2D eigenvalue weighted by Crippen LogP contribution is -2.22. The Bertz CT molecular complexity index is 429. The fourth-order valence-electron chi connectivity index (χ4n) is 3.50. The van der Waals surface area contributed by atoms with Gasteiger partial charge in [0.15, 0.2) is 0 Å². The number of nitrogens with one attached hydrogen (secondary N) is 1. The summed E-state index contributed by atoms with van der Waals surface area (Å²) >= 11 is 0. The molecule has 1 N–H and O–H groups in total. The third kappa shape index (κ3) is 2.39. The molecule has 1 heterocycles. The van der Waals surface area contributed by atoms with Crippen molar-refractivity contribution in [1.82, 2.24) is 5.32 Å². The first-order chi connectivity index (χ1) is 8.74. The fourth-order valence-corrected chi connectivity index (χ4v) is 3.50. The third-order valence-electron chi connectivity index (χ3n) is 4.50. The van der Waals surface area contributed by atoms with Crippen LogP contribution in [0.15, 0.2) is 18.2 Å². The third-order valence-corrected chi connectivity index (χ3v) is 4.50. The molecule has 1 fully saturated rings. The summed E-state index contributed by atoms with van der Waals surface area (Å²) in [6.45, 7) is 2.15. The average molecular weight is 245 g/mol. The van der Waals surface area contributed by atoms with Gasteiger partial charge in [-0.1, -0.05) is 17.7 Å². The molecule has 3 rings (SSSR count). The van der Waals surface area contributed by atoms with Crippen molar-refractivity contribution in [2.75, 3.05) is 7.05 Å². The van der Waals surface area contributed by atoms with Crippen molar-refractivity contribution in [2.45, 2.75) is 51.2 Å². The molecule has 2 aliphatic rings. The maximum absolute atomic E-state index is 6.07. The largest absolute Gasteiger partial charge is 0.490 e. The Labute approximate surface area is 110 Å². The van der Waals surface area contributed by atoms with E-state index in [0.717, 1.165) is 24.1 Å². The molecular weight excluding hydrogens is 222 g/mol. The predicted molar refractivity (Wildman–Crippen MR) is 74.1 cm³/mol. The number of hydrogen-bond acceptors (Lipinski definition) is 2. The first-order valence-electron chi connectivity index (χ1n) is 7.18. The summed E-state index contributed by atoms with van der Waals surface area (Å²) < 4.78 is 6.07. The van der Waals surface area contributed by atoms with Gasteiger partial charge >= 0.3 is 0 Å². The van der Waals surface area contributed by atoms with Crippen LogP contribution in [0.5, 0.6) is 5.75 Å². The highest BCUT2D eigenvalue weighted by atomic mass is 16.5. The number of benzene rings is 1. The summed E-state index contributed by atoms with van der Waals surface area (Å²) in [6, 6.07) is 7.30. The number of hydrogen-bond donors (Lipinski definition) is 1. The summed E-state index contributed by atoms with van der Waals surface area (Å²) in [5.41, 5.74) is 2.75. The normalized spacial score (nSPS) is 30.2. The van der Waals surface area contributed by atoms with E-state index in [-0.39, 0.29) is 0 Å². The second-order valence-corrected chi connectivity index (χ2v) is 5.96. The van der Waals surface area contributed by atoms with Gasteiger partial charge in [0.2, 0.25) is 0 Å². The number of ether oxygens (including phenoxy) is 1. The zero-order valence-corrected chi connectivity index (χ0v) is 11.4. The van der Waals surface area contributed by atoms with Gasteiger partial charge in [-0.15, -0.1) is 0 Å². The van der Waals surface area contributed by atoms with E-state index in [1.165, 1.54) is 36.8 Å². The summed E-state index contributed by atoms with van der Waals surface area (Å²) in [7, 11) is 2.08. The van der Waals surface area contributed by atoms with E-state index in [4.69, 9.17) is 4.74 Å². The molecule has 1 aliphatic carbocycles. The molecule has 0 saturated heterocycles. The van der Waals surface area contributed by atoms with Gasteiger partial charge in [0.1, 0.15) is 11.9 Å². The second kappa shape index (κ2) is 4.93. The van der Waals surface area contributed by atoms with Crippen LogP contribution in [0.1, 0.15) is 36.8 Å². The summed E-state index contributed by atoms with van der Waals surface area (Å²) in [5.74, 6) is 1.97. The van der Waals surface area contributed by atoms with Crippen molar-refractivity contribution in [3.05, 3.63) is 29.3 Å². The highest BCUT2D eigenvalue weighted by Gasteiger charge is 2.30. The molecule has 2 heteroatoms. The Balaban J connectivity index is 1.58. The molecule has 1 aromatic rings. The molecule has 2 nitrogen and oxygen atoms in total. The average Bonchev–Trinajstić information content (AvgIpc) is 2.95. The van der Waals surface area contributed by atoms with Gasteiger partial charge in [0.25, 0.3) is 0 Å². The van der Waals surface area contributed by atoms with Crippen LogP contribution >= 0.6 is 0 Å². The number of aryl methyl sites for hydroxylation is 1. The van der Waals surface area contributed by atoms with Crippen molar-refractivity contribution >= 4 is 0 Å². The SMILES string of the molecule is CNC1CCC(CC2Cc3cc(C)ccc3O2)C1. The van der Waals surface area contributed by atoms with Gasteiger partial charge in [-0.25, -0.2) is 0 Å². The Kier molecular flexibility index (Phi) is 3.29. The van der Waals surface area contributed by atoms with Crippen molar-refractivity contribution in [2.24, 2.45) is 5.92 Å². The van der Waals surface area contributed by atoms with Crippen LogP contribution < -0.4 is 10.1 Å². The minimum atomic E-state index is 0.419. The zero-order chi connectivity index (χ0) is 12.5. The summed E-state index contributed by atoms with van der Waals surface area (Å²) in [5, 5.41) is 3.40. The van der Waals surface area contributed by atoms with Gasteiger partial charge in [-0.2, -0.15) is 0 Å². The molecule has 3 atom stereocenters. The topological polar surface area (TPSA) is 21.3 Å². The van der Waals surface area contributed by atoms with E-state index < -0.39 is 0 Å². The van der Waals surface area contributed by atoms with Crippen molar-refractivity contribution in [3.8, 4) is 5.75 Å². The van der Waals surface area contributed by atoms with Gasteiger partial charge < -0.3 is 10.1 Å². The van der Waals surface area contributed by atoms with E-state index in [1.807, 2.05) is 0 Å². The van der Waals surface area contributed by atoms with Crippen LogP contribution in [-0.4, -0.2) is 19.2 Å². The molecule has 18 heavy (non-hydrogen) atoms. The molecule has 1 saturated carbocycles. The van der Waals surface area contributed by atoms with E-state index in [9.17, 15) is 0 Å². The van der Waals surface area contributed by atoms with Crippen molar-refractivity contribution in [3.63, 3.8) is 0 Å². The molecule has 0 amide bonds. The minimum absolute atomic E-state index is 0.419. The first kappa shape index (κ1) is 12.0. The summed E-state index contributed by atoms with van der Waals surface area (Å²) in [6.07, 6.45) is 6.78. The lowest BCUT2D eigenvalue weighted by Gasteiger charge is -2.16. The van der Waals surface area contributed by atoms with Crippen LogP contribution in [0, 0.1) is 12.8 Å². The zero-order valence-electron chi connectivity index (χ0n) is 11.4. The molecule has 0 bridgehead atoms. The van der Waals surface area contributed by atoms with Gasteiger partial charge in [0.05, 0.1) is 0 Å². The van der Waals surface area contributed by atoms with E-state index >= 15 is 0 Å². The maximum atomic E-state index is 6.07. The quantitative estimate of drug-likeness (QED) is 0.883. The Morgan fingerprint density at radius 1 is 1.33 bits per heavy atom. The fraction of sp³-hybridized carbons (Fsp3) is 0.625. The van der Waals surface area contributed by atoms with E-state index in [0.29, 0.717) is 6.10 Å². The van der Waals surface area contributed by atoms with Gasteiger partial charge in [-0.3, -0.25) is 0 Å². The lowest BCUT2D eigenvalue weighted by atomic mass is 9.96. The molecule has 3 unspecified atom stereocenters.